The quantitative estimate of drug-likeness (QED) is 0.745. The normalized spacial score (nSPS) is 17.7. The van der Waals surface area contributed by atoms with Crippen LogP contribution in [-0.4, -0.2) is 76.8 Å². The predicted molar refractivity (Wildman–Crippen MR) is 116 cm³/mol. The number of hydrogen-bond donors (Lipinski definition) is 1. The summed E-state index contributed by atoms with van der Waals surface area (Å²) in [7, 11) is 2.09. The summed E-state index contributed by atoms with van der Waals surface area (Å²) in [5.74, 6) is -0.733. The van der Waals surface area contributed by atoms with E-state index >= 15 is 0 Å². The number of aromatic nitrogens is 2. The molecule has 1 atom stereocenters. The molecule has 1 aromatic heterocycles. The molecule has 3 heterocycles. The predicted octanol–water partition coefficient (Wildman–Crippen LogP) is 1.47. The number of carbonyl (C=O) groups is 3. The van der Waals surface area contributed by atoms with Crippen molar-refractivity contribution < 1.29 is 14.4 Å². The van der Waals surface area contributed by atoms with Crippen molar-refractivity contribution in [2.24, 2.45) is 0 Å². The molecule has 162 valence electrons. The zero-order valence-corrected chi connectivity index (χ0v) is 18.2. The third kappa shape index (κ3) is 3.76. The molecule has 1 aromatic carbocycles. The van der Waals surface area contributed by atoms with Gasteiger partial charge in [-0.05, 0) is 40.0 Å². The maximum atomic E-state index is 12.9. The molecule has 3 amide bonds. The third-order valence-corrected chi connectivity index (χ3v) is 5.89. The molecule has 9 heteroatoms. The molecule has 1 N–H and O–H groups in total. The lowest BCUT2D eigenvalue weighted by atomic mass is 10.1. The number of carbonyl (C=O) groups excluding carboxylic acids is 3. The van der Waals surface area contributed by atoms with Crippen LogP contribution in [-0.2, 0) is 4.79 Å². The summed E-state index contributed by atoms with van der Waals surface area (Å²) in [4.78, 5) is 52.9. The monoisotopic (exact) mass is 422 g/mol. The smallest absolute Gasteiger partial charge is 0.262 e. The average molecular weight is 422 g/mol. The van der Waals surface area contributed by atoms with Crippen molar-refractivity contribution in [1.82, 2.24) is 19.8 Å². The Morgan fingerprint density at radius 3 is 2.00 bits per heavy atom. The number of benzene rings is 1. The van der Waals surface area contributed by atoms with Gasteiger partial charge in [-0.2, -0.15) is 0 Å². The number of nitrogens with zero attached hydrogens (tertiary/aromatic N) is 5. The summed E-state index contributed by atoms with van der Waals surface area (Å²) < 4.78 is 0. The van der Waals surface area contributed by atoms with Crippen molar-refractivity contribution in [2.75, 3.05) is 43.4 Å². The Morgan fingerprint density at radius 2 is 1.48 bits per heavy atom. The molecule has 31 heavy (non-hydrogen) atoms. The van der Waals surface area contributed by atoms with Gasteiger partial charge < -0.3 is 15.1 Å². The second-order valence-corrected chi connectivity index (χ2v) is 8.05. The van der Waals surface area contributed by atoms with Gasteiger partial charge in [0.2, 0.25) is 11.9 Å². The number of nitrogens with one attached hydrogen (secondary N) is 1. The van der Waals surface area contributed by atoms with E-state index in [0.717, 1.165) is 31.1 Å². The van der Waals surface area contributed by atoms with E-state index in [-0.39, 0.29) is 0 Å². The molecule has 2 aromatic rings. The summed E-state index contributed by atoms with van der Waals surface area (Å²) in [6, 6.07) is 5.62. The first-order valence-electron chi connectivity index (χ1n) is 10.3. The van der Waals surface area contributed by atoms with Gasteiger partial charge in [0.15, 0.2) is 0 Å². The number of amides is 3. The van der Waals surface area contributed by atoms with Crippen molar-refractivity contribution >= 4 is 29.4 Å². The van der Waals surface area contributed by atoms with Crippen LogP contribution in [0.1, 0.15) is 39.0 Å². The van der Waals surface area contributed by atoms with E-state index in [1.54, 1.807) is 31.2 Å². The second kappa shape index (κ2) is 8.07. The Kier molecular flexibility index (Phi) is 5.45. The van der Waals surface area contributed by atoms with E-state index < -0.39 is 23.8 Å². The molecule has 0 radical (unpaired) electrons. The van der Waals surface area contributed by atoms with Crippen molar-refractivity contribution in [2.45, 2.75) is 26.8 Å². The highest BCUT2D eigenvalue weighted by Gasteiger charge is 2.40. The molecule has 0 saturated carbocycles. The third-order valence-electron chi connectivity index (χ3n) is 5.89. The van der Waals surface area contributed by atoms with Gasteiger partial charge in [0.1, 0.15) is 6.04 Å². The van der Waals surface area contributed by atoms with Gasteiger partial charge in [-0.3, -0.25) is 19.3 Å². The fourth-order valence-corrected chi connectivity index (χ4v) is 3.93. The van der Waals surface area contributed by atoms with Crippen molar-refractivity contribution in [3.05, 3.63) is 46.8 Å². The molecule has 1 fully saturated rings. The lowest BCUT2D eigenvalue weighted by Gasteiger charge is -2.32. The largest absolute Gasteiger partial charge is 0.338 e. The molecule has 4 rings (SSSR count). The highest BCUT2D eigenvalue weighted by molar-refractivity contribution is 6.23. The zero-order chi connectivity index (χ0) is 22.3. The van der Waals surface area contributed by atoms with Crippen molar-refractivity contribution in [1.29, 1.82) is 0 Å². The first-order chi connectivity index (χ1) is 14.8. The molecule has 1 unspecified atom stereocenters. The van der Waals surface area contributed by atoms with Crippen LogP contribution >= 0.6 is 0 Å². The summed E-state index contributed by atoms with van der Waals surface area (Å²) in [6.45, 7) is 8.75. The maximum Gasteiger partial charge on any atom is 0.262 e. The summed E-state index contributed by atoms with van der Waals surface area (Å²) in [5.41, 5.74) is 2.43. The Morgan fingerprint density at radius 1 is 0.968 bits per heavy atom. The fourth-order valence-electron chi connectivity index (χ4n) is 3.93. The minimum absolute atomic E-state index is 0.319. The Labute approximate surface area is 181 Å². The SMILES string of the molecule is Cc1nc(N2CCN(C)CC2)nc(C)c1NC(=O)C(C)N1C(=O)c2ccccc2C1=O. The van der Waals surface area contributed by atoms with Crippen LogP contribution < -0.4 is 10.2 Å². The van der Waals surface area contributed by atoms with E-state index in [2.05, 4.69) is 32.1 Å². The van der Waals surface area contributed by atoms with E-state index in [4.69, 9.17) is 0 Å². The Bertz CT molecular complexity index is 1000. The fraction of sp³-hybridized carbons (Fsp3) is 0.409. The van der Waals surface area contributed by atoms with Crippen molar-refractivity contribution in [3.8, 4) is 0 Å². The van der Waals surface area contributed by atoms with Crippen LogP contribution in [0.25, 0.3) is 0 Å². The average Bonchev–Trinajstić information content (AvgIpc) is 3.01. The molecule has 2 aliphatic rings. The molecule has 1 saturated heterocycles. The summed E-state index contributed by atoms with van der Waals surface area (Å²) in [5, 5.41) is 2.82. The number of rotatable bonds is 4. The van der Waals surface area contributed by atoms with Gasteiger partial charge >= 0.3 is 0 Å². The minimum atomic E-state index is -0.969. The lowest BCUT2D eigenvalue weighted by molar-refractivity contribution is -0.119. The standard InChI is InChI=1S/C22H26N6O3/c1-13-18(14(2)24-22(23-13)27-11-9-26(4)10-12-27)25-19(29)15(3)28-20(30)16-7-5-6-8-17(16)21(28)31/h5-8,15H,9-12H2,1-4H3,(H,25,29). The summed E-state index contributed by atoms with van der Waals surface area (Å²) >= 11 is 0. The first-order valence-corrected chi connectivity index (χ1v) is 10.3. The maximum absolute atomic E-state index is 12.9. The number of aryl methyl sites for hydroxylation is 2. The van der Waals surface area contributed by atoms with Crippen LogP contribution in [0.3, 0.4) is 0 Å². The molecule has 9 nitrogen and oxygen atoms in total. The number of piperazine rings is 1. The molecular weight excluding hydrogens is 396 g/mol. The minimum Gasteiger partial charge on any atom is -0.338 e. The second-order valence-electron chi connectivity index (χ2n) is 8.05. The highest BCUT2D eigenvalue weighted by atomic mass is 16.2. The van der Waals surface area contributed by atoms with Crippen LogP contribution in [0.15, 0.2) is 24.3 Å². The number of imide groups is 1. The number of fused-ring (bicyclic) bond motifs is 1. The first kappa shape index (κ1) is 20.9. The van der Waals surface area contributed by atoms with E-state index in [0.29, 0.717) is 34.2 Å². The van der Waals surface area contributed by atoms with Crippen LogP contribution in [0.5, 0.6) is 0 Å². The van der Waals surface area contributed by atoms with E-state index in [1.807, 2.05) is 13.8 Å². The lowest BCUT2D eigenvalue weighted by Crippen LogP contribution is -2.46. The van der Waals surface area contributed by atoms with Crippen LogP contribution in [0.2, 0.25) is 0 Å². The molecule has 2 aliphatic heterocycles. The van der Waals surface area contributed by atoms with Crippen LogP contribution in [0.4, 0.5) is 11.6 Å². The Balaban J connectivity index is 1.51. The number of likely N-dealkylation sites (N-methyl/N-ethyl adjacent to an activating group) is 1. The van der Waals surface area contributed by atoms with E-state index in [9.17, 15) is 14.4 Å². The number of hydrogen-bond acceptors (Lipinski definition) is 7. The van der Waals surface area contributed by atoms with Gasteiger partial charge in [-0.25, -0.2) is 9.97 Å². The topological polar surface area (TPSA) is 98.7 Å². The van der Waals surface area contributed by atoms with Gasteiger partial charge in [-0.1, -0.05) is 12.1 Å². The van der Waals surface area contributed by atoms with Gasteiger partial charge in [0.05, 0.1) is 28.2 Å². The molecular formula is C22H26N6O3. The molecule has 0 bridgehead atoms. The highest BCUT2D eigenvalue weighted by Crippen LogP contribution is 2.26. The van der Waals surface area contributed by atoms with Gasteiger partial charge in [0, 0.05) is 26.2 Å². The summed E-state index contributed by atoms with van der Waals surface area (Å²) in [6.07, 6.45) is 0. The van der Waals surface area contributed by atoms with E-state index in [1.165, 1.54) is 0 Å². The number of anilines is 2. The van der Waals surface area contributed by atoms with Gasteiger partial charge in [0.25, 0.3) is 11.8 Å². The molecule has 0 aliphatic carbocycles. The zero-order valence-electron chi connectivity index (χ0n) is 18.2. The van der Waals surface area contributed by atoms with Crippen molar-refractivity contribution in [3.63, 3.8) is 0 Å². The Hall–Kier alpha value is -3.33. The van der Waals surface area contributed by atoms with Gasteiger partial charge in [-0.15, -0.1) is 0 Å². The van der Waals surface area contributed by atoms with Crippen LogP contribution in [0, 0.1) is 13.8 Å². The molecule has 0 spiro atoms.